The maximum Gasteiger partial charge on any atom is 0.416 e. The van der Waals surface area contributed by atoms with Crippen molar-refractivity contribution >= 4 is 11.7 Å². The number of aromatic nitrogens is 2. The fourth-order valence-corrected chi connectivity index (χ4v) is 2.16. The molecule has 0 aliphatic heterocycles. The van der Waals surface area contributed by atoms with Crippen LogP contribution in [-0.2, 0) is 17.5 Å². The molecule has 1 heterocycles. The molecule has 2 N–H and O–H groups in total. The molecule has 1 aromatic heterocycles. The lowest BCUT2D eigenvalue weighted by molar-refractivity contribution is -0.137. The summed E-state index contributed by atoms with van der Waals surface area (Å²) in [7, 11) is 0. The maximum atomic E-state index is 13.0. The van der Waals surface area contributed by atoms with Crippen LogP contribution in [0.2, 0.25) is 0 Å². The first-order valence-corrected chi connectivity index (χ1v) is 7.46. The monoisotopic (exact) mass is 381 g/mol. The third kappa shape index (κ3) is 4.22. The number of anilines is 1. The van der Waals surface area contributed by atoms with Crippen LogP contribution < -0.4 is 5.73 Å². The summed E-state index contributed by atoms with van der Waals surface area (Å²) >= 11 is 0. The minimum absolute atomic E-state index is 0.0288. The number of nitrogen functional groups attached to an aromatic ring is 1. The zero-order chi connectivity index (χ0) is 19.6. The van der Waals surface area contributed by atoms with Crippen molar-refractivity contribution in [2.75, 3.05) is 5.73 Å². The van der Waals surface area contributed by atoms with E-state index in [0.717, 1.165) is 24.3 Å². The van der Waals surface area contributed by atoms with Crippen LogP contribution in [0.4, 0.5) is 23.2 Å². The Labute approximate surface area is 149 Å². The molecule has 0 aliphatic carbocycles. The van der Waals surface area contributed by atoms with Crippen LogP contribution in [0.5, 0.6) is 0 Å². The van der Waals surface area contributed by atoms with Gasteiger partial charge < -0.3 is 15.0 Å². The van der Waals surface area contributed by atoms with Gasteiger partial charge in [0.05, 0.1) is 11.1 Å². The molecule has 3 rings (SSSR count). The largest absolute Gasteiger partial charge is 0.452 e. The zero-order valence-corrected chi connectivity index (χ0v) is 13.5. The van der Waals surface area contributed by atoms with Crippen LogP contribution in [-0.4, -0.2) is 16.1 Å². The van der Waals surface area contributed by atoms with Crippen LogP contribution in [0.15, 0.2) is 47.0 Å². The van der Waals surface area contributed by atoms with Gasteiger partial charge in [-0.3, -0.25) is 0 Å². The highest BCUT2D eigenvalue weighted by atomic mass is 19.4. The van der Waals surface area contributed by atoms with E-state index in [9.17, 15) is 22.4 Å². The summed E-state index contributed by atoms with van der Waals surface area (Å²) in [4.78, 5) is 15.9. The Morgan fingerprint density at radius 2 is 1.85 bits per heavy atom. The Bertz CT molecular complexity index is 968. The highest BCUT2D eigenvalue weighted by Crippen LogP contribution is 2.30. The molecule has 10 heteroatoms. The molecular formula is C17H11F4N3O3. The van der Waals surface area contributed by atoms with Crippen molar-refractivity contribution in [3.05, 3.63) is 65.3 Å². The molecule has 0 spiro atoms. The number of benzene rings is 2. The first-order chi connectivity index (χ1) is 12.7. The zero-order valence-electron chi connectivity index (χ0n) is 13.5. The highest BCUT2D eigenvalue weighted by Gasteiger charge is 2.30. The quantitative estimate of drug-likeness (QED) is 0.420. The SMILES string of the molecule is Nc1cc(F)ccc1C(=O)OCc1nc(-c2ccc(C(F)(F)F)cc2)no1. The van der Waals surface area contributed by atoms with Gasteiger partial charge in [-0.25, -0.2) is 9.18 Å². The van der Waals surface area contributed by atoms with Crippen molar-refractivity contribution in [1.82, 2.24) is 10.1 Å². The Hall–Kier alpha value is -3.43. The molecule has 140 valence electrons. The molecule has 0 atom stereocenters. The molecule has 0 saturated heterocycles. The third-order valence-electron chi connectivity index (χ3n) is 3.50. The van der Waals surface area contributed by atoms with Crippen LogP contribution in [0.1, 0.15) is 21.8 Å². The highest BCUT2D eigenvalue weighted by molar-refractivity contribution is 5.94. The van der Waals surface area contributed by atoms with Gasteiger partial charge in [0, 0.05) is 11.3 Å². The Balaban J connectivity index is 1.66. The molecule has 0 aliphatic rings. The number of rotatable bonds is 4. The number of hydrogen-bond acceptors (Lipinski definition) is 6. The van der Waals surface area contributed by atoms with Crippen molar-refractivity contribution in [2.45, 2.75) is 12.8 Å². The van der Waals surface area contributed by atoms with Gasteiger partial charge in [-0.2, -0.15) is 18.2 Å². The van der Waals surface area contributed by atoms with Crippen LogP contribution in [0.3, 0.4) is 0 Å². The van der Waals surface area contributed by atoms with Crippen LogP contribution in [0.25, 0.3) is 11.4 Å². The van der Waals surface area contributed by atoms with E-state index < -0.39 is 23.5 Å². The summed E-state index contributed by atoms with van der Waals surface area (Å²) in [5.74, 6) is -1.45. The Morgan fingerprint density at radius 3 is 2.48 bits per heavy atom. The molecule has 0 amide bonds. The lowest BCUT2D eigenvalue weighted by Crippen LogP contribution is -2.08. The molecule has 0 bridgehead atoms. The second-order valence-corrected chi connectivity index (χ2v) is 5.39. The minimum Gasteiger partial charge on any atom is -0.452 e. The number of halogens is 4. The Morgan fingerprint density at radius 1 is 1.15 bits per heavy atom. The molecule has 2 aromatic carbocycles. The Kier molecular flexibility index (Phi) is 4.80. The van der Waals surface area contributed by atoms with Crippen molar-refractivity contribution in [3.8, 4) is 11.4 Å². The predicted molar refractivity (Wildman–Crippen MR) is 84.7 cm³/mol. The van der Waals surface area contributed by atoms with Gasteiger partial charge in [-0.15, -0.1) is 0 Å². The summed E-state index contributed by atoms with van der Waals surface area (Å²) < 4.78 is 60.5. The van der Waals surface area contributed by atoms with Gasteiger partial charge in [0.1, 0.15) is 5.82 Å². The van der Waals surface area contributed by atoms with E-state index in [4.69, 9.17) is 15.0 Å². The first kappa shape index (κ1) is 18.4. The number of nitrogens with zero attached hydrogens (tertiary/aromatic N) is 2. The summed E-state index contributed by atoms with van der Waals surface area (Å²) in [6.45, 7) is -0.386. The van der Waals surface area contributed by atoms with Gasteiger partial charge in [0.25, 0.3) is 5.89 Å². The van der Waals surface area contributed by atoms with Crippen LogP contribution >= 0.6 is 0 Å². The molecule has 27 heavy (non-hydrogen) atoms. The van der Waals surface area contributed by atoms with Crippen LogP contribution in [0, 0.1) is 5.82 Å². The first-order valence-electron chi connectivity index (χ1n) is 7.46. The number of nitrogens with two attached hydrogens (primary N) is 1. The van der Waals surface area contributed by atoms with E-state index in [1.165, 1.54) is 18.2 Å². The topological polar surface area (TPSA) is 91.2 Å². The molecule has 0 saturated carbocycles. The van der Waals surface area contributed by atoms with Gasteiger partial charge in [0.15, 0.2) is 6.61 Å². The lowest BCUT2D eigenvalue weighted by atomic mass is 10.1. The van der Waals surface area contributed by atoms with Gasteiger partial charge in [-0.1, -0.05) is 17.3 Å². The van der Waals surface area contributed by atoms with E-state index >= 15 is 0 Å². The molecule has 0 radical (unpaired) electrons. The van der Waals surface area contributed by atoms with Gasteiger partial charge >= 0.3 is 12.1 Å². The van der Waals surface area contributed by atoms with Gasteiger partial charge in [0.2, 0.25) is 5.82 Å². The fourth-order valence-electron chi connectivity index (χ4n) is 2.16. The van der Waals surface area contributed by atoms with E-state index in [0.29, 0.717) is 5.56 Å². The summed E-state index contributed by atoms with van der Waals surface area (Å²) in [5.41, 5.74) is 4.92. The average molecular weight is 381 g/mol. The fraction of sp³-hybridized carbons (Fsp3) is 0.118. The normalized spacial score (nSPS) is 11.4. The molecule has 6 nitrogen and oxygen atoms in total. The smallest absolute Gasteiger partial charge is 0.416 e. The minimum atomic E-state index is -4.45. The van der Waals surface area contributed by atoms with Crippen molar-refractivity contribution in [3.63, 3.8) is 0 Å². The summed E-state index contributed by atoms with van der Waals surface area (Å²) in [6.07, 6.45) is -4.45. The number of esters is 1. The number of ether oxygens (including phenoxy) is 1. The van der Waals surface area contributed by atoms with E-state index in [1.54, 1.807) is 0 Å². The molecule has 0 unspecified atom stereocenters. The molecule has 3 aromatic rings. The van der Waals surface area contributed by atoms with Crippen molar-refractivity contribution in [1.29, 1.82) is 0 Å². The van der Waals surface area contributed by atoms with Crippen molar-refractivity contribution in [2.24, 2.45) is 0 Å². The van der Waals surface area contributed by atoms with E-state index in [-0.39, 0.29) is 29.6 Å². The molecule has 0 fully saturated rings. The maximum absolute atomic E-state index is 13.0. The summed E-state index contributed by atoms with van der Waals surface area (Å²) in [6, 6.07) is 7.39. The second-order valence-electron chi connectivity index (χ2n) is 5.39. The van der Waals surface area contributed by atoms with Gasteiger partial charge in [-0.05, 0) is 30.3 Å². The van der Waals surface area contributed by atoms with E-state index in [1.807, 2.05) is 0 Å². The third-order valence-corrected chi connectivity index (χ3v) is 3.50. The number of carbonyl (C=O) groups excluding carboxylic acids is 1. The van der Waals surface area contributed by atoms with Crippen molar-refractivity contribution < 1.29 is 31.6 Å². The average Bonchev–Trinajstić information content (AvgIpc) is 3.08. The lowest BCUT2D eigenvalue weighted by Gasteiger charge is -2.05. The number of carbonyl (C=O) groups is 1. The predicted octanol–water partition coefficient (Wildman–Crippen LogP) is 3.83. The number of hydrogen-bond donors (Lipinski definition) is 1. The summed E-state index contributed by atoms with van der Waals surface area (Å²) in [5, 5.41) is 3.63. The second kappa shape index (κ2) is 7.06. The standard InChI is InChI=1S/C17H11F4N3O3/c18-11-5-6-12(13(22)7-11)16(25)26-8-14-23-15(24-27-14)9-1-3-10(4-2-9)17(19,20)21/h1-7H,8,22H2. The molecular weight excluding hydrogens is 370 g/mol. The van der Waals surface area contributed by atoms with E-state index in [2.05, 4.69) is 10.1 Å². The number of alkyl halides is 3.